The molecule has 0 radical (unpaired) electrons. The van der Waals surface area contributed by atoms with Gasteiger partial charge in [-0.2, -0.15) is 5.26 Å². The van der Waals surface area contributed by atoms with Gasteiger partial charge in [-0.3, -0.25) is 5.41 Å². The number of nitrogens with two attached hydrogens (primary N) is 1. The maximum Gasteiger partial charge on any atom is 0.137 e. The van der Waals surface area contributed by atoms with Crippen LogP contribution in [0.15, 0.2) is 42.5 Å². The Morgan fingerprint density at radius 2 is 2.00 bits per heavy atom. The summed E-state index contributed by atoms with van der Waals surface area (Å²) in [5.41, 5.74) is 6.47. The van der Waals surface area contributed by atoms with E-state index in [-0.39, 0.29) is 36.2 Å². The molecule has 0 bridgehead atoms. The van der Waals surface area contributed by atoms with Gasteiger partial charge in [0.25, 0.3) is 0 Å². The smallest absolute Gasteiger partial charge is 0.137 e. The Hall–Kier alpha value is -2.58. The molecule has 0 aromatic heterocycles. The number of hydrogen-bond donors (Lipinski definition) is 2. The maximum atomic E-state index is 13.5. The fourth-order valence-electron chi connectivity index (χ4n) is 1.68. The Morgan fingerprint density at radius 1 is 1.29 bits per heavy atom. The Kier molecular flexibility index (Phi) is 5.70. The number of ether oxygens (including phenoxy) is 1. The summed E-state index contributed by atoms with van der Waals surface area (Å²) in [5.74, 6) is -0.144. The summed E-state index contributed by atoms with van der Waals surface area (Å²) in [7, 11) is 0. The molecule has 3 N–H and O–H groups in total. The molecule has 4 nitrogen and oxygen atoms in total. The number of nitriles is 1. The van der Waals surface area contributed by atoms with Crippen molar-refractivity contribution in [2.24, 2.45) is 5.73 Å². The monoisotopic (exact) mass is 305 g/mol. The van der Waals surface area contributed by atoms with Crippen LogP contribution in [0.25, 0.3) is 0 Å². The van der Waals surface area contributed by atoms with Gasteiger partial charge in [0.05, 0.1) is 5.56 Å². The Morgan fingerprint density at radius 3 is 2.62 bits per heavy atom. The van der Waals surface area contributed by atoms with Crippen molar-refractivity contribution in [2.45, 2.75) is 6.61 Å². The van der Waals surface area contributed by atoms with Crippen molar-refractivity contribution in [3.8, 4) is 11.8 Å². The Balaban J connectivity index is 0.00000220. The molecule has 0 unspecified atom stereocenters. The third-order valence-corrected chi connectivity index (χ3v) is 2.75. The number of nitrogens with zero attached hydrogens (tertiary/aromatic N) is 1. The van der Waals surface area contributed by atoms with Crippen molar-refractivity contribution in [1.82, 2.24) is 0 Å². The zero-order valence-electron chi connectivity index (χ0n) is 11.0. The third kappa shape index (κ3) is 3.94. The van der Waals surface area contributed by atoms with E-state index in [2.05, 4.69) is 0 Å². The number of amidine groups is 1. The molecule has 0 aliphatic rings. The minimum atomic E-state index is -0.355. The molecule has 0 amide bonds. The van der Waals surface area contributed by atoms with E-state index in [0.29, 0.717) is 16.9 Å². The quantitative estimate of drug-likeness (QED) is 0.673. The first-order valence-corrected chi connectivity index (χ1v) is 5.86. The summed E-state index contributed by atoms with van der Waals surface area (Å²) in [6.45, 7) is 0.0285. The summed E-state index contributed by atoms with van der Waals surface area (Å²) in [4.78, 5) is 0. The number of halogens is 2. The highest BCUT2D eigenvalue weighted by Gasteiger charge is 2.08. The van der Waals surface area contributed by atoms with Gasteiger partial charge in [-0.1, -0.05) is 18.2 Å². The molecule has 0 aliphatic heterocycles. The summed E-state index contributed by atoms with van der Waals surface area (Å²) in [6, 6.07) is 12.9. The second-order valence-electron chi connectivity index (χ2n) is 4.12. The largest absolute Gasteiger partial charge is 0.487 e. The predicted molar refractivity (Wildman–Crippen MR) is 80.2 cm³/mol. The van der Waals surface area contributed by atoms with Crippen molar-refractivity contribution in [3.63, 3.8) is 0 Å². The molecule has 0 saturated carbocycles. The normalized spacial score (nSPS) is 9.33. The molecule has 21 heavy (non-hydrogen) atoms. The van der Waals surface area contributed by atoms with Gasteiger partial charge >= 0.3 is 0 Å². The van der Waals surface area contributed by atoms with Gasteiger partial charge in [-0.15, -0.1) is 12.4 Å². The van der Waals surface area contributed by atoms with E-state index < -0.39 is 0 Å². The lowest BCUT2D eigenvalue weighted by atomic mass is 10.1. The van der Waals surface area contributed by atoms with E-state index in [1.54, 1.807) is 30.3 Å². The second kappa shape index (κ2) is 7.27. The molecular formula is C15H13ClFN3O. The highest BCUT2D eigenvalue weighted by atomic mass is 35.5. The van der Waals surface area contributed by atoms with E-state index in [9.17, 15) is 4.39 Å². The predicted octanol–water partition coefficient (Wildman–Crippen LogP) is 2.98. The van der Waals surface area contributed by atoms with E-state index in [0.717, 1.165) is 0 Å². The zero-order chi connectivity index (χ0) is 14.5. The van der Waals surface area contributed by atoms with Gasteiger partial charge in [0.15, 0.2) is 0 Å². The van der Waals surface area contributed by atoms with Crippen molar-refractivity contribution in [1.29, 1.82) is 10.7 Å². The summed E-state index contributed by atoms with van der Waals surface area (Å²) in [5, 5.41) is 16.4. The molecule has 0 fully saturated rings. The number of nitrogens with one attached hydrogen (secondary N) is 1. The SMILES string of the molecule is Cl.N#Cc1cc(C(=N)N)ccc1OCc1ccccc1F. The lowest BCUT2D eigenvalue weighted by molar-refractivity contribution is 0.299. The number of rotatable bonds is 4. The van der Waals surface area contributed by atoms with Crippen LogP contribution in [0.5, 0.6) is 5.75 Å². The molecule has 0 heterocycles. The molecule has 0 atom stereocenters. The van der Waals surface area contributed by atoms with Crippen molar-refractivity contribution < 1.29 is 9.13 Å². The highest BCUT2D eigenvalue weighted by Crippen LogP contribution is 2.21. The topological polar surface area (TPSA) is 82.9 Å². The van der Waals surface area contributed by atoms with Gasteiger partial charge in [0.2, 0.25) is 0 Å². The molecule has 108 valence electrons. The van der Waals surface area contributed by atoms with Crippen LogP contribution in [-0.4, -0.2) is 5.84 Å². The summed E-state index contributed by atoms with van der Waals surface area (Å²) < 4.78 is 18.9. The molecular weight excluding hydrogens is 293 g/mol. The molecule has 2 aromatic carbocycles. The first-order valence-electron chi connectivity index (χ1n) is 5.86. The molecule has 2 aromatic rings. The molecule has 0 aliphatic carbocycles. The fourth-order valence-corrected chi connectivity index (χ4v) is 1.68. The van der Waals surface area contributed by atoms with Gasteiger partial charge in [-0.25, -0.2) is 4.39 Å². The first-order chi connectivity index (χ1) is 9.61. The van der Waals surface area contributed by atoms with Crippen LogP contribution >= 0.6 is 12.4 Å². The minimum absolute atomic E-state index is 0. The average molecular weight is 306 g/mol. The van der Waals surface area contributed by atoms with E-state index in [1.165, 1.54) is 12.1 Å². The van der Waals surface area contributed by atoms with Crippen molar-refractivity contribution in [3.05, 3.63) is 65.0 Å². The van der Waals surface area contributed by atoms with Gasteiger partial charge < -0.3 is 10.5 Å². The average Bonchev–Trinajstić information content (AvgIpc) is 2.46. The van der Waals surface area contributed by atoms with Crippen molar-refractivity contribution >= 4 is 18.2 Å². The Bertz CT molecular complexity index is 698. The van der Waals surface area contributed by atoms with Crippen LogP contribution < -0.4 is 10.5 Å². The zero-order valence-corrected chi connectivity index (χ0v) is 11.8. The number of nitrogen functional groups attached to an aromatic ring is 1. The molecule has 0 spiro atoms. The van der Waals surface area contributed by atoms with Crippen LogP contribution in [0.2, 0.25) is 0 Å². The lowest BCUT2D eigenvalue weighted by Gasteiger charge is -2.09. The molecule has 6 heteroatoms. The van der Waals surface area contributed by atoms with E-state index in [1.807, 2.05) is 6.07 Å². The van der Waals surface area contributed by atoms with E-state index in [4.69, 9.17) is 21.1 Å². The molecule has 0 saturated heterocycles. The third-order valence-electron chi connectivity index (χ3n) is 2.75. The van der Waals surface area contributed by atoms with Gasteiger partial charge in [-0.05, 0) is 24.3 Å². The van der Waals surface area contributed by atoms with Gasteiger partial charge in [0, 0.05) is 11.1 Å². The first kappa shape index (κ1) is 16.5. The number of hydrogen-bond acceptors (Lipinski definition) is 3. The summed E-state index contributed by atoms with van der Waals surface area (Å²) in [6.07, 6.45) is 0. The maximum absolute atomic E-state index is 13.5. The molecule has 2 rings (SSSR count). The van der Waals surface area contributed by atoms with Crippen LogP contribution in [0.1, 0.15) is 16.7 Å². The highest BCUT2D eigenvalue weighted by molar-refractivity contribution is 5.95. The van der Waals surface area contributed by atoms with Gasteiger partial charge in [0.1, 0.15) is 30.1 Å². The lowest BCUT2D eigenvalue weighted by Crippen LogP contribution is -2.11. The van der Waals surface area contributed by atoms with Crippen LogP contribution in [0.3, 0.4) is 0 Å². The summed E-state index contributed by atoms with van der Waals surface area (Å²) >= 11 is 0. The van der Waals surface area contributed by atoms with Crippen LogP contribution in [0, 0.1) is 22.6 Å². The van der Waals surface area contributed by atoms with Crippen LogP contribution in [-0.2, 0) is 6.61 Å². The second-order valence-corrected chi connectivity index (χ2v) is 4.12. The van der Waals surface area contributed by atoms with Crippen molar-refractivity contribution in [2.75, 3.05) is 0 Å². The Labute approximate surface area is 127 Å². The van der Waals surface area contributed by atoms with E-state index >= 15 is 0 Å². The standard InChI is InChI=1S/C15H12FN3O.ClH/c16-13-4-2-1-3-11(13)9-20-14-6-5-10(15(18)19)7-12(14)8-17;/h1-7H,9H2,(H3,18,19);1H. The van der Waals surface area contributed by atoms with Crippen LogP contribution in [0.4, 0.5) is 4.39 Å². The minimum Gasteiger partial charge on any atom is -0.487 e. The number of benzene rings is 2. The fraction of sp³-hybridized carbons (Fsp3) is 0.0667.